The molecule has 2 aromatic heterocycles. The van der Waals surface area contributed by atoms with Crippen LogP contribution in [0.2, 0.25) is 0 Å². The molecule has 0 bridgehead atoms. The van der Waals surface area contributed by atoms with E-state index in [4.69, 9.17) is 0 Å². The summed E-state index contributed by atoms with van der Waals surface area (Å²) < 4.78 is 0. The number of hydrogen-bond donors (Lipinski definition) is 1. The van der Waals surface area contributed by atoms with Crippen LogP contribution in [-0.2, 0) is 0 Å². The third kappa shape index (κ3) is 3.41. The molecule has 1 N–H and O–H groups in total. The molecule has 0 spiro atoms. The van der Waals surface area contributed by atoms with Crippen LogP contribution < -0.4 is 10.2 Å². The minimum Gasteiger partial charge on any atom is -0.324 e. The number of nitrogens with zero attached hydrogens (tertiary/aromatic N) is 5. The fraction of sp³-hybridized carbons (Fsp3) is 0.188. The summed E-state index contributed by atoms with van der Waals surface area (Å²) in [7, 11) is 1.73. The van der Waals surface area contributed by atoms with E-state index in [1.165, 1.54) is 17.7 Å². The zero-order valence-electron chi connectivity index (χ0n) is 13.9. The van der Waals surface area contributed by atoms with Gasteiger partial charge in [-0.2, -0.15) is 0 Å². The Kier molecular flexibility index (Phi) is 4.57. The highest BCUT2D eigenvalue weighted by atomic mass is 32.1. The van der Waals surface area contributed by atoms with Crippen molar-refractivity contribution < 1.29 is 4.92 Å². The highest BCUT2D eigenvalue weighted by Gasteiger charge is 2.27. The molecule has 0 aliphatic carbocycles. The maximum atomic E-state index is 11.7. The number of nitro groups is 1. The minimum atomic E-state index is -0.482. The molecule has 0 saturated heterocycles. The van der Waals surface area contributed by atoms with Crippen LogP contribution in [0, 0.1) is 24.0 Å². The number of rotatable bonds is 5. The van der Waals surface area contributed by atoms with E-state index in [-0.39, 0.29) is 17.3 Å². The molecular weight excluding hydrogens is 340 g/mol. The molecule has 3 rings (SSSR count). The van der Waals surface area contributed by atoms with Gasteiger partial charge in [0.15, 0.2) is 5.13 Å². The van der Waals surface area contributed by atoms with Gasteiger partial charge in [-0.05, 0) is 26.0 Å². The first kappa shape index (κ1) is 16.8. The second-order valence-corrected chi connectivity index (χ2v) is 6.53. The van der Waals surface area contributed by atoms with E-state index < -0.39 is 4.92 Å². The van der Waals surface area contributed by atoms with E-state index in [1.54, 1.807) is 11.9 Å². The van der Waals surface area contributed by atoms with Gasteiger partial charge in [0.25, 0.3) is 0 Å². The van der Waals surface area contributed by atoms with E-state index in [1.807, 2.05) is 44.2 Å². The number of anilines is 4. The monoisotopic (exact) mass is 356 g/mol. The first-order valence-electron chi connectivity index (χ1n) is 7.46. The molecule has 0 unspecified atom stereocenters. The predicted molar refractivity (Wildman–Crippen MR) is 98.1 cm³/mol. The molecule has 2 heterocycles. The van der Waals surface area contributed by atoms with E-state index in [0.29, 0.717) is 5.13 Å². The van der Waals surface area contributed by atoms with Crippen molar-refractivity contribution in [2.24, 2.45) is 0 Å². The van der Waals surface area contributed by atoms with Crippen LogP contribution in [0.4, 0.5) is 28.1 Å². The van der Waals surface area contributed by atoms with Crippen LogP contribution in [0.5, 0.6) is 0 Å². The van der Waals surface area contributed by atoms with Gasteiger partial charge < -0.3 is 10.2 Å². The molecule has 0 fully saturated rings. The average molecular weight is 356 g/mol. The topological polar surface area (TPSA) is 97.1 Å². The zero-order chi connectivity index (χ0) is 18.0. The number of aromatic nitrogens is 3. The first-order chi connectivity index (χ1) is 12.0. The number of hydrogen-bond acceptors (Lipinski definition) is 8. The largest absolute Gasteiger partial charge is 0.354 e. The van der Waals surface area contributed by atoms with Crippen LogP contribution in [0.25, 0.3) is 0 Å². The quantitative estimate of drug-likeness (QED) is 0.545. The minimum absolute atomic E-state index is 0.117. The zero-order valence-corrected chi connectivity index (χ0v) is 14.7. The summed E-state index contributed by atoms with van der Waals surface area (Å²) >= 11 is 1.42. The highest BCUT2D eigenvalue weighted by Crippen LogP contribution is 2.36. The van der Waals surface area contributed by atoms with Crippen molar-refractivity contribution in [2.75, 3.05) is 17.3 Å². The molecule has 0 aliphatic heterocycles. The Bertz CT molecular complexity index is 893. The van der Waals surface area contributed by atoms with E-state index in [0.717, 1.165) is 16.3 Å². The normalized spacial score (nSPS) is 10.5. The lowest BCUT2D eigenvalue weighted by atomic mass is 10.3. The Balaban J connectivity index is 2.04. The Labute approximate surface area is 148 Å². The Morgan fingerprint density at radius 3 is 2.52 bits per heavy atom. The van der Waals surface area contributed by atoms with Gasteiger partial charge in [-0.25, -0.2) is 15.0 Å². The van der Waals surface area contributed by atoms with Crippen molar-refractivity contribution in [3.63, 3.8) is 0 Å². The lowest BCUT2D eigenvalue weighted by Gasteiger charge is -2.18. The molecule has 0 aliphatic rings. The second kappa shape index (κ2) is 6.81. The Morgan fingerprint density at radius 2 is 1.92 bits per heavy atom. The molecule has 9 heteroatoms. The number of benzene rings is 1. The lowest BCUT2D eigenvalue weighted by molar-refractivity contribution is -0.383. The summed E-state index contributed by atoms with van der Waals surface area (Å²) in [6.45, 7) is 3.83. The highest BCUT2D eigenvalue weighted by molar-refractivity contribution is 7.15. The smallest absolute Gasteiger partial charge is 0.324 e. The van der Waals surface area contributed by atoms with Gasteiger partial charge in [0, 0.05) is 17.6 Å². The van der Waals surface area contributed by atoms with Gasteiger partial charge in [0.05, 0.1) is 10.6 Å². The molecular formula is C16H16N6O2S. The fourth-order valence-corrected chi connectivity index (χ4v) is 3.09. The molecule has 8 nitrogen and oxygen atoms in total. The van der Waals surface area contributed by atoms with Crippen LogP contribution in [0.1, 0.15) is 10.6 Å². The van der Waals surface area contributed by atoms with Gasteiger partial charge in [0.1, 0.15) is 6.33 Å². The number of para-hydroxylation sites is 1. The molecule has 0 amide bonds. The standard InChI is InChI=1S/C16H16N6O2S/c1-10-11(2)25-16(19-10)20-14-13(22(23)24)15(18-9-17-14)21(3)12-7-5-4-6-8-12/h4-9H,1-3H3,(H,17,18,19,20). The van der Waals surface area contributed by atoms with Gasteiger partial charge in [-0.15, -0.1) is 11.3 Å². The van der Waals surface area contributed by atoms with Crippen molar-refractivity contribution in [1.82, 2.24) is 15.0 Å². The maximum Gasteiger partial charge on any atom is 0.354 e. The molecule has 0 atom stereocenters. The van der Waals surface area contributed by atoms with Crippen LogP contribution in [-0.4, -0.2) is 26.9 Å². The molecule has 0 saturated carbocycles. The summed E-state index contributed by atoms with van der Waals surface area (Å²) in [4.78, 5) is 26.4. The summed E-state index contributed by atoms with van der Waals surface area (Å²) in [5, 5.41) is 15.2. The summed E-state index contributed by atoms with van der Waals surface area (Å²) in [5.41, 5.74) is 1.47. The van der Waals surface area contributed by atoms with E-state index in [9.17, 15) is 10.1 Å². The van der Waals surface area contributed by atoms with Crippen LogP contribution in [0.3, 0.4) is 0 Å². The van der Waals surface area contributed by atoms with Gasteiger partial charge in [0.2, 0.25) is 11.6 Å². The maximum absolute atomic E-state index is 11.7. The van der Waals surface area contributed by atoms with Crippen molar-refractivity contribution in [1.29, 1.82) is 0 Å². The van der Waals surface area contributed by atoms with Crippen LogP contribution in [0.15, 0.2) is 36.7 Å². The van der Waals surface area contributed by atoms with Gasteiger partial charge in [-0.3, -0.25) is 10.1 Å². The number of nitrogens with one attached hydrogen (secondary N) is 1. The third-order valence-corrected chi connectivity index (χ3v) is 4.69. The summed E-state index contributed by atoms with van der Waals surface area (Å²) in [5.74, 6) is 0.324. The van der Waals surface area contributed by atoms with Crippen LogP contribution >= 0.6 is 11.3 Å². The van der Waals surface area contributed by atoms with Gasteiger partial charge in [-0.1, -0.05) is 18.2 Å². The lowest BCUT2D eigenvalue weighted by Crippen LogP contribution is -2.15. The fourth-order valence-electron chi connectivity index (χ4n) is 2.28. The van der Waals surface area contributed by atoms with Crippen molar-refractivity contribution >= 4 is 39.5 Å². The Hall–Kier alpha value is -3.07. The van der Waals surface area contributed by atoms with Crippen molar-refractivity contribution in [3.8, 4) is 0 Å². The molecule has 3 aromatic rings. The molecule has 0 radical (unpaired) electrons. The SMILES string of the molecule is Cc1nc(Nc2ncnc(N(C)c3ccccc3)c2[N+](=O)[O-])sc1C. The van der Waals surface area contributed by atoms with Crippen molar-refractivity contribution in [2.45, 2.75) is 13.8 Å². The summed E-state index contributed by atoms with van der Waals surface area (Å²) in [6.07, 6.45) is 1.30. The Morgan fingerprint density at radius 1 is 1.20 bits per heavy atom. The first-order valence-corrected chi connectivity index (χ1v) is 8.28. The second-order valence-electron chi connectivity index (χ2n) is 5.33. The predicted octanol–water partition coefficient (Wildman–Crippen LogP) is 3.97. The molecule has 1 aromatic carbocycles. The molecule has 25 heavy (non-hydrogen) atoms. The average Bonchev–Trinajstić information content (AvgIpc) is 2.92. The van der Waals surface area contributed by atoms with Gasteiger partial charge >= 0.3 is 5.69 Å². The summed E-state index contributed by atoms with van der Waals surface area (Å²) in [6, 6.07) is 9.31. The third-order valence-electron chi connectivity index (χ3n) is 3.70. The molecule has 128 valence electrons. The van der Waals surface area contributed by atoms with Crippen molar-refractivity contribution in [3.05, 3.63) is 57.3 Å². The number of aryl methyl sites for hydroxylation is 2. The van der Waals surface area contributed by atoms with E-state index in [2.05, 4.69) is 20.3 Å². The number of thiazole rings is 1. The van der Waals surface area contributed by atoms with E-state index >= 15 is 0 Å².